The topological polar surface area (TPSA) is 120 Å². The van der Waals surface area contributed by atoms with E-state index in [-0.39, 0.29) is 18.1 Å². The fraction of sp³-hybridized carbons (Fsp3) is 0.0417. The first-order chi connectivity index (χ1) is 16.4. The van der Waals surface area contributed by atoms with Gasteiger partial charge < -0.3 is 4.74 Å². The van der Waals surface area contributed by atoms with Gasteiger partial charge in [-0.05, 0) is 29.0 Å². The molecule has 0 amide bonds. The van der Waals surface area contributed by atoms with Crippen molar-refractivity contribution in [3.05, 3.63) is 116 Å². The maximum absolute atomic E-state index is 14.0. The summed E-state index contributed by atoms with van der Waals surface area (Å²) in [6.45, 7) is -0.00684. The van der Waals surface area contributed by atoms with E-state index in [1.165, 1.54) is 18.3 Å². The third kappa shape index (κ3) is 4.80. The highest BCUT2D eigenvalue weighted by Crippen LogP contribution is 2.30. The molecule has 0 spiro atoms. The molecule has 170 valence electrons. The molecule has 0 aromatic heterocycles. The van der Waals surface area contributed by atoms with Crippen LogP contribution < -0.4 is 10.2 Å². The highest BCUT2D eigenvalue weighted by atomic mass is 19.1. The molecular formula is C24H17FN4O5. The van der Waals surface area contributed by atoms with E-state index in [9.17, 15) is 24.6 Å². The molecule has 0 unspecified atom stereocenters. The molecule has 4 aromatic rings. The van der Waals surface area contributed by atoms with Crippen molar-refractivity contribution in [2.75, 3.05) is 5.43 Å². The fourth-order valence-electron chi connectivity index (χ4n) is 3.35. The van der Waals surface area contributed by atoms with E-state index in [0.717, 1.165) is 22.9 Å². The molecule has 0 aliphatic rings. The summed E-state index contributed by atoms with van der Waals surface area (Å²) in [6, 6.07) is 20.6. The van der Waals surface area contributed by atoms with Gasteiger partial charge in [-0.25, -0.2) is 4.39 Å². The van der Waals surface area contributed by atoms with E-state index in [2.05, 4.69) is 10.5 Å². The largest absolute Gasteiger partial charge is 0.488 e. The van der Waals surface area contributed by atoms with Crippen molar-refractivity contribution in [3.8, 4) is 5.75 Å². The maximum Gasteiger partial charge on any atom is 0.301 e. The lowest BCUT2D eigenvalue weighted by atomic mass is 10.0. The summed E-state index contributed by atoms with van der Waals surface area (Å²) < 4.78 is 19.9. The van der Waals surface area contributed by atoms with E-state index < -0.39 is 21.2 Å². The molecule has 0 aliphatic carbocycles. The first kappa shape index (κ1) is 22.3. The van der Waals surface area contributed by atoms with Crippen molar-refractivity contribution < 1.29 is 19.0 Å². The van der Waals surface area contributed by atoms with Gasteiger partial charge in [-0.3, -0.25) is 25.7 Å². The Labute approximate surface area is 192 Å². The lowest BCUT2D eigenvalue weighted by molar-refractivity contribution is -0.393. The summed E-state index contributed by atoms with van der Waals surface area (Å²) in [4.78, 5) is 20.8. The number of nitrogens with zero attached hydrogens (tertiary/aromatic N) is 3. The predicted molar refractivity (Wildman–Crippen MR) is 126 cm³/mol. The van der Waals surface area contributed by atoms with Crippen LogP contribution in [0.25, 0.3) is 10.8 Å². The van der Waals surface area contributed by atoms with Crippen LogP contribution in [0.1, 0.15) is 11.1 Å². The molecule has 0 aliphatic heterocycles. The second-order valence-corrected chi connectivity index (χ2v) is 7.16. The Balaban J connectivity index is 1.65. The average molecular weight is 460 g/mol. The summed E-state index contributed by atoms with van der Waals surface area (Å²) >= 11 is 0. The predicted octanol–water partition coefficient (Wildman–Crippen LogP) is 5.82. The van der Waals surface area contributed by atoms with Gasteiger partial charge in [-0.2, -0.15) is 5.10 Å². The van der Waals surface area contributed by atoms with Crippen LogP contribution in [0.15, 0.2) is 84.0 Å². The van der Waals surface area contributed by atoms with E-state index in [1.54, 1.807) is 24.3 Å². The molecule has 34 heavy (non-hydrogen) atoms. The van der Waals surface area contributed by atoms with Crippen LogP contribution >= 0.6 is 0 Å². The lowest BCUT2D eigenvalue weighted by Gasteiger charge is -2.12. The van der Waals surface area contributed by atoms with Gasteiger partial charge in [0.05, 0.1) is 22.1 Å². The van der Waals surface area contributed by atoms with Gasteiger partial charge in [0, 0.05) is 17.2 Å². The Hall–Kier alpha value is -4.86. The molecule has 4 aromatic carbocycles. The molecule has 0 bridgehead atoms. The number of nitro groups is 2. The summed E-state index contributed by atoms with van der Waals surface area (Å²) in [7, 11) is 0. The summed E-state index contributed by atoms with van der Waals surface area (Å²) in [6.07, 6.45) is 1.43. The number of hydrogen-bond donors (Lipinski definition) is 1. The number of hydrogen-bond acceptors (Lipinski definition) is 7. The first-order valence-corrected chi connectivity index (χ1v) is 10.0. The molecule has 10 heteroatoms. The van der Waals surface area contributed by atoms with Gasteiger partial charge >= 0.3 is 5.69 Å². The monoisotopic (exact) mass is 460 g/mol. The summed E-state index contributed by atoms with van der Waals surface area (Å²) in [5.74, 6) is 0.0522. The normalized spacial score (nSPS) is 11.0. The van der Waals surface area contributed by atoms with Crippen molar-refractivity contribution in [1.29, 1.82) is 0 Å². The van der Waals surface area contributed by atoms with Crippen LogP contribution in [0.4, 0.5) is 21.5 Å². The number of non-ortho nitro benzene ring substituents is 1. The Morgan fingerprint density at radius 2 is 1.71 bits per heavy atom. The summed E-state index contributed by atoms with van der Waals surface area (Å²) in [5.41, 5.74) is 2.63. The average Bonchev–Trinajstić information content (AvgIpc) is 2.84. The van der Waals surface area contributed by atoms with E-state index in [0.29, 0.717) is 16.9 Å². The SMILES string of the molecule is O=[N+]([O-])c1ccc(N/N=C/c2c(OCc3ccccc3F)ccc3ccccc23)c([N+](=O)[O-])c1. The van der Waals surface area contributed by atoms with Crippen LogP contribution in [-0.4, -0.2) is 16.1 Å². The van der Waals surface area contributed by atoms with Gasteiger partial charge in [0.2, 0.25) is 0 Å². The fourth-order valence-corrected chi connectivity index (χ4v) is 3.35. The van der Waals surface area contributed by atoms with Crippen LogP contribution in [0, 0.1) is 26.0 Å². The van der Waals surface area contributed by atoms with Crippen LogP contribution in [0.2, 0.25) is 0 Å². The zero-order valence-corrected chi connectivity index (χ0v) is 17.6. The van der Waals surface area contributed by atoms with E-state index >= 15 is 0 Å². The van der Waals surface area contributed by atoms with Crippen molar-refractivity contribution in [1.82, 2.24) is 0 Å². The van der Waals surface area contributed by atoms with Crippen LogP contribution in [-0.2, 0) is 6.61 Å². The zero-order valence-electron chi connectivity index (χ0n) is 17.6. The van der Waals surface area contributed by atoms with Gasteiger partial charge in [-0.15, -0.1) is 0 Å². The molecule has 0 radical (unpaired) electrons. The quantitative estimate of drug-likeness (QED) is 0.201. The number of fused-ring (bicyclic) bond motifs is 1. The van der Waals surface area contributed by atoms with Gasteiger partial charge in [0.25, 0.3) is 5.69 Å². The van der Waals surface area contributed by atoms with Crippen LogP contribution in [0.5, 0.6) is 5.75 Å². The maximum atomic E-state index is 14.0. The molecule has 0 saturated carbocycles. The van der Waals surface area contributed by atoms with Gasteiger partial charge in [0.1, 0.15) is 23.9 Å². The molecule has 4 rings (SSSR count). The van der Waals surface area contributed by atoms with Crippen molar-refractivity contribution >= 4 is 34.0 Å². The number of rotatable bonds is 8. The Kier molecular flexibility index (Phi) is 6.40. The number of benzene rings is 4. The van der Waals surface area contributed by atoms with Crippen molar-refractivity contribution in [2.45, 2.75) is 6.61 Å². The molecule has 0 heterocycles. The van der Waals surface area contributed by atoms with Crippen molar-refractivity contribution in [2.24, 2.45) is 5.10 Å². The van der Waals surface area contributed by atoms with Crippen LogP contribution in [0.3, 0.4) is 0 Å². The number of nitrogens with one attached hydrogen (secondary N) is 1. The third-order valence-corrected chi connectivity index (χ3v) is 5.04. The minimum absolute atomic E-state index is 0.00684. The highest BCUT2D eigenvalue weighted by molar-refractivity contribution is 6.02. The second kappa shape index (κ2) is 9.74. The molecule has 1 N–H and O–H groups in total. The molecule has 0 atom stereocenters. The Morgan fingerprint density at radius 3 is 2.47 bits per heavy atom. The van der Waals surface area contributed by atoms with Gasteiger partial charge in [0.15, 0.2) is 0 Å². The Bertz CT molecular complexity index is 1420. The molecule has 9 nitrogen and oxygen atoms in total. The number of hydrazone groups is 1. The standard InChI is InChI=1S/C24H17FN4O5/c25-21-8-4-2-6-17(21)15-34-24-12-9-16-5-1-3-7-19(16)20(24)14-26-27-22-11-10-18(28(30)31)13-23(22)29(32)33/h1-14,27H,15H2/b26-14+. The second-order valence-electron chi connectivity index (χ2n) is 7.16. The highest BCUT2D eigenvalue weighted by Gasteiger charge is 2.19. The number of anilines is 1. The smallest absolute Gasteiger partial charge is 0.301 e. The third-order valence-electron chi connectivity index (χ3n) is 5.04. The number of halogens is 1. The molecule has 0 saturated heterocycles. The lowest BCUT2D eigenvalue weighted by Crippen LogP contribution is -2.02. The minimum atomic E-state index is -0.730. The molecule has 0 fully saturated rings. The van der Waals surface area contributed by atoms with E-state index in [1.807, 2.05) is 30.3 Å². The first-order valence-electron chi connectivity index (χ1n) is 10.0. The Morgan fingerprint density at radius 1 is 0.941 bits per heavy atom. The number of ether oxygens (including phenoxy) is 1. The van der Waals surface area contributed by atoms with Gasteiger partial charge in [-0.1, -0.05) is 48.5 Å². The number of nitro benzene ring substituents is 2. The molecular weight excluding hydrogens is 443 g/mol. The summed E-state index contributed by atoms with van der Waals surface area (Å²) in [5, 5.41) is 28.1. The minimum Gasteiger partial charge on any atom is -0.488 e. The van der Waals surface area contributed by atoms with Crippen molar-refractivity contribution in [3.63, 3.8) is 0 Å². The zero-order chi connectivity index (χ0) is 24.1. The van der Waals surface area contributed by atoms with E-state index in [4.69, 9.17) is 4.74 Å².